The summed E-state index contributed by atoms with van der Waals surface area (Å²) >= 11 is 0. The summed E-state index contributed by atoms with van der Waals surface area (Å²) in [7, 11) is 0. The van der Waals surface area contributed by atoms with Crippen molar-refractivity contribution < 1.29 is 24.2 Å². The molecule has 1 N–H and O–H groups in total. The van der Waals surface area contributed by atoms with Crippen molar-refractivity contribution in [3.8, 4) is 11.5 Å². The first-order chi connectivity index (χ1) is 16.8. The molecule has 1 atom stereocenters. The maximum atomic E-state index is 13.3. The first-order valence-electron chi connectivity index (χ1n) is 12.3. The number of hydrogen-bond donors (Lipinski definition) is 1. The van der Waals surface area contributed by atoms with Crippen LogP contribution in [-0.4, -0.2) is 65.5 Å². The number of Topliss-reactive ketones (excluding diaryl/α,β-unsaturated/α-hetero) is 1. The summed E-state index contributed by atoms with van der Waals surface area (Å²) in [5, 5.41) is 11.3. The van der Waals surface area contributed by atoms with E-state index in [1.807, 2.05) is 45.0 Å². The molecule has 3 rings (SSSR count). The molecule has 0 saturated carbocycles. The van der Waals surface area contributed by atoms with Gasteiger partial charge in [-0.25, -0.2) is 0 Å². The molecule has 2 aromatic rings. The van der Waals surface area contributed by atoms with Crippen molar-refractivity contribution in [3.63, 3.8) is 0 Å². The zero-order valence-corrected chi connectivity index (χ0v) is 21.3. The van der Waals surface area contributed by atoms with Crippen molar-refractivity contribution in [1.82, 2.24) is 9.80 Å². The molecule has 0 spiro atoms. The third-order valence-corrected chi connectivity index (χ3v) is 6.10. The number of aliphatic hydroxyl groups excluding tert-OH is 1. The number of aliphatic hydroxyl groups is 1. The van der Waals surface area contributed by atoms with Gasteiger partial charge in [-0.15, -0.1) is 0 Å². The van der Waals surface area contributed by atoms with Gasteiger partial charge in [0.15, 0.2) is 0 Å². The molecular formula is C28H36N2O5. The van der Waals surface area contributed by atoms with Gasteiger partial charge < -0.3 is 24.4 Å². The van der Waals surface area contributed by atoms with Crippen molar-refractivity contribution in [1.29, 1.82) is 0 Å². The third kappa shape index (κ3) is 5.85. The van der Waals surface area contributed by atoms with E-state index in [4.69, 9.17) is 9.47 Å². The second kappa shape index (κ2) is 11.9. The van der Waals surface area contributed by atoms with E-state index < -0.39 is 17.7 Å². The van der Waals surface area contributed by atoms with E-state index in [1.54, 1.807) is 29.2 Å². The number of amides is 1. The molecule has 0 unspecified atom stereocenters. The van der Waals surface area contributed by atoms with E-state index in [1.165, 1.54) is 0 Å². The summed E-state index contributed by atoms with van der Waals surface area (Å²) in [5.41, 5.74) is 1.19. The number of hydrogen-bond acceptors (Lipinski definition) is 6. The smallest absolute Gasteiger partial charge is 0.295 e. The van der Waals surface area contributed by atoms with E-state index in [0.29, 0.717) is 42.3 Å². The molecule has 0 radical (unpaired) electrons. The first-order valence-corrected chi connectivity index (χ1v) is 12.3. The first kappa shape index (κ1) is 26.3. The van der Waals surface area contributed by atoms with Crippen LogP contribution in [0, 0.1) is 0 Å². The number of para-hydroxylation sites is 1. The summed E-state index contributed by atoms with van der Waals surface area (Å²) in [4.78, 5) is 30.3. The molecule has 35 heavy (non-hydrogen) atoms. The lowest BCUT2D eigenvalue weighted by atomic mass is 9.94. The molecule has 0 aliphatic carbocycles. The van der Waals surface area contributed by atoms with E-state index >= 15 is 0 Å². The fraction of sp³-hybridized carbons (Fsp3) is 0.429. The minimum atomic E-state index is -0.750. The number of benzene rings is 2. The Balaban J connectivity index is 2.10. The van der Waals surface area contributed by atoms with Gasteiger partial charge in [-0.05, 0) is 64.2 Å². The van der Waals surface area contributed by atoms with Crippen molar-refractivity contribution in [2.24, 2.45) is 0 Å². The van der Waals surface area contributed by atoms with Gasteiger partial charge in [0, 0.05) is 24.2 Å². The highest BCUT2D eigenvalue weighted by molar-refractivity contribution is 6.46. The lowest BCUT2D eigenvalue weighted by Crippen LogP contribution is -2.38. The quantitative estimate of drug-likeness (QED) is 0.287. The van der Waals surface area contributed by atoms with Crippen LogP contribution < -0.4 is 9.47 Å². The Morgan fingerprint density at radius 1 is 1.03 bits per heavy atom. The van der Waals surface area contributed by atoms with Crippen molar-refractivity contribution in [2.45, 2.75) is 46.8 Å². The lowest BCUT2D eigenvalue weighted by Gasteiger charge is -2.29. The van der Waals surface area contributed by atoms with E-state index in [0.717, 1.165) is 13.1 Å². The normalized spacial score (nSPS) is 17.5. The zero-order valence-electron chi connectivity index (χ0n) is 21.3. The van der Waals surface area contributed by atoms with Crippen molar-refractivity contribution in [2.75, 3.05) is 32.8 Å². The lowest BCUT2D eigenvalue weighted by molar-refractivity contribution is -0.140. The Hall–Kier alpha value is -3.32. The molecule has 1 fully saturated rings. The van der Waals surface area contributed by atoms with Gasteiger partial charge in [0.25, 0.3) is 11.7 Å². The number of ether oxygens (including phenoxy) is 2. The topological polar surface area (TPSA) is 79.3 Å². The highest BCUT2D eigenvalue weighted by atomic mass is 16.5. The molecule has 0 aromatic heterocycles. The molecule has 7 nitrogen and oxygen atoms in total. The second-order valence-corrected chi connectivity index (χ2v) is 8.68. The molecule has 1 aliphatic rings. The van der Waals surface area contributed by atoms with Gasteiger partial charge in [0.05, 0.1) is 24.3 Å². The summed E-state index contributed by atoms with van der Waals surface area (Å²) in [6.07, 6.45) is 0.0145. The highest BCUT2D eigenvalue weighted by Crippen LogP contribution is 2.42. The van der Waals surface area contributed by atoms with Gasteiger partial charge >= 0.3 is 0 Å². The van der Waals surface area contributed by atoms with Crippen LogP contribution in [0.25, 0.3) is 5.76 Å². The number of likely N-dealkylation sites (N-methyl/N-ethyl adjacent to an activating group) is 1. The number of nitrogens with zero attached hydrogens (tertiary/aromatic N) is 2. The Morgan fingerprint density at radius 3 is 2.29 bits per heavy atom. The predicted molar refractivity (Wildman–Crippen MR) is 137 cm³/mol. The third-order valence-electron chi connectivity index (χ3n) is 6.10. The Bertz CT molecular complexity index is 1060. The van der Waals surface area contributed by atoms with Gasteiger partial charge in [-0.1, -0.05) is 32.0 Å². The Kier molecular flexibility index (Phi) is 8.93. The molecule has 7 heteroatoms. The summed E-state index contributed by atoms with van der Waals surface area (Å²) in [6, 6.07) is 13.5. The monoisotopic (exact) mass is 480 g/mol. The molecule has 1 saturated heterocycles. The summed E-state index contributed by atoms with van der Waals surface area (Å²) in [6.45, 7) is 13.0. The number of rotatable bonds is 11. The highest BCUT2D eigenvalue weighted by Gasteiger charge is 2.46. The molecule has 188 valence electrons. The molecule has 1 aliphatic heterocycles. The molecule has 2 aromatic carbocycles. The van der Waals surface area contributed by atoms with Crippen LogP contribution in [0.2, 0.25) is 0 Å². The standard InChI is InChI=1S/C28H36N2O5/c1-6-29(7-2)17-18-30-25(22-11-9-10-12-23(22)34-8-3)24(27(32)28(30)33)26(31)20-13-15-21(16-14-20)35-19(4)5/h9-16,19,25,31H,6-8,17-18H2,1-5H3/b26-24+/t25-/m0/s1. The predicted octanol–water partition coefficient (Wildman–Crippen LogP) is 4.64. The van der Waals surface area contributed by atoms with Crippen LogP contribution in [0.1, 0.15) is 51.8 Å². The second-order valence-electron chi connectivity index (χ2n) is 8.68. The largest absolute Gasteiger partial charge is 0.507 e. The van der Waals surface area contributed by atoms with Crippen LogP contribution in [0.4, 0.5) is 0 Å². The average molecular weight is 481 g/mol. The van der Waals surface area contributed by atoms with Crippen LogP contribution >= 0.6 is 0 Å². The van der Waals surface area contributed by atoms with Crippen LogP contribution in [-0.2, 0) is 9.59 Å². The summed E-state index contributed by atoms with van der Waals surface area (Å²) in [5.74, 6) is -0.271. The van der Waals surface area contributed by atoms with Gasteiger partial charge in [0.2, 0.25) is 0 Å². The number of carbonyl (C=O) groups excluding carboxylic acids is 2. The fourth-order valence-electron chi connectivity index (χ4n) is 4.34. The molecule has 1 heterocycles. The number of likely N-dealkylation sites (tertiary alicyclic amines) is 1. The average Bonchev–Trinajstić information content (AvgIpc) is 3.10. The van der Waals surface area contributed by atoms with Crippen molar-refractivity contribution in [3.05, 3.63) is 65.2 Å². The van der Waals surface area contributed by atoms with E-state index in [2.05, 4.69) is 18.7 Å². The number of ketones is 1. The van der Waals surface area contributed by atoms with Gasteiger partial charge in [-0.3, -0.25) is 9.59 Å². The zero-order chi connectivity index (χ0) is 25.5. The van der Waals surface area contributed by atoms with E-state index in [-0.39, 0.29) is 17.4 Å². The van der Waals surface area contributed by atoms with Crippen molar-refractivity contribution >= 4 is 17.4 Å². The van der Waals surface area contributed by atoms with Gasteiger partial charge in [0.1, 0.15) is 17.3 Å². The molecule has 0 bridgehead atoms. The van der Waals surface area contributed by atoms with Gasteiger partial charge in [-0.2, -0.15) is 0 Å². The maximum absolute atomic E-state index is 13.3. The minimum Gasteiger partial charge on any atom is -0.507 e. The van der Waals surface area contributed by atoms with Crippen LogP contribution in [0.3, 0.4) is 0 Å². The SMILES string of the molecule is CCOc1ccccc1[C@H]1/C(=C(\O)c2ccc(OC(C)C)cc2)C(=O)C(=O)N1CCN(CC)CC. The molecule has 1 amide bonds. The fourth-order valence-corrected chi connectivity index (χ4v) is 4.34. The summed E-state index contributed by atoms with van der Waals surface area (Å²) < 4.78 is 11.5. The maximum Gasteiger partial charge on any atom is 0.295 e. The number of carbonyl (C=O) groups is 2. The van der Waals surface area contributed by atoms with Crippen LogP contribution in [0.5, 0.6) is 11.5 Å². The Labute approximate surface area is 207 Å². The minimum absolute atomic E-state index is 0.0145. The van der Waals surface area contributed by atoms with E-state index in [9.17, 15) is 14.7 Å². The molecular weight excluding hydrogens is 444 g/mol. The van der Waals surface area contributed by atoms with Crippen LogP contribution in [0.15, 0.2) is 54.1 Å². The Morgan fingerprint density at radius 2 is 1.69 bits per heavy atom.